The van der Waals surface area contributed by atoms with Crippen molar-refractivity contribution < 1.29 is 19.5 Å². The summed E-state index contributed by atoms with van der Waals surface area (Å²) in [6.07, 6.45) is 8.88. The van der Waals surface area contributed by atoms with E-state index in [1.807, 2.05) is 44.3 Å². The number of fused-ring (bicyclic) bond motifs is 1. The fourth-order valence-corrected chi connectivity index (χ4v) is 5.40. The topological polar surface area (TPSA) is 140 Å². The Kier molecular flexibility index (Phi) is 8.86. The molecule has 0 spiro atoms. The van der Waals surface area contributed by atoms with Crippen molar-refractivity contribution in [1.82, 2.24) is 25.6 Å². The summed E-state index contributed by atoms with van der Waals surface area (Å²) in [7, 11) is 0. The van der Waals surface area contributed by atoms with E-state index in [1.165, 1.54) is 0 Å². The number of H-pyrrole nitrogens is 2. The lowest BCUT2D eigenvalue weighted by molar-refractivity contribution is -0.132. The van der Waals surface area contributed by atoms with E-state index < -0.39 is 18.1 Å². The van der Waals surface area contributed by atoms with E-state index in [-0.39, 0.29) is 29.3 Å². The van der Waals surface area contributed by atoms with Crippen molar-refractivity contribution in [2.24, 2.45) is 11.8 Å². The number of hydrogen-bond acceptors (Lipinski definition) is 4. The van der Waals surface area contributed by atoms with Crippen LogP contribution in [0.1, 0.15) is 92.4 Å². The van der Waals surface area contributed by atoms with E-state index in [9.17, 15) is 19.5 Å². The molecule has 38 heavy (non-hydrogen) atoms. The molecule has 2 aromatic heterocycles. The van der Waals surface area contributed by atoms with Crippen LogP contribution in [-0.4, -0.2) is 43.9 Å². The maximum Gasteiger partial charge on any atom is 0.356 e. The molecular formula is C29H39N5O4. The number of carboxylic acid groups (broad SMARTS) is 1. The summed E-state index contributed by atoms with van der Waals surface area (Å²) in [4.78, 5) is 49.1. The molecule has 5 N–H and O–H groups in total. The minimum atomic E-state index is -1.13. The molecule has 1 aliphatic rings. The van der Waals surface area contributed by atoms with Gasteiger partial charge in [-0.3, -0.25) is 9.59 Å². The van der Waals surface area contributed by atoms with Crippen molar-refractivity contribution in [2.75, 3.05) is 0 Å². The SMILES string of the molecule is Cc1[nH]c([C@@H](Cc2c[nH]c3ccccc23)NC(=O)[C@H](CC(C)C)NC(=O)C2CCCCCC2)nc1C(=O)O. The number of benzene rings is 1. The zero-order chi connectivity index (χ0) is 27.2. The van der Waals surface area contributed by atoms with Gasteiger partial charge < -0.3 is 25.7 Å². The first-order chi connectivity index (χ1) is 18.2. The summed E-state index contributed by atoms with van der Waals surface area (Å²) in [5.41, 5.74) is 2.30. The fraction of sp³-hybridized carbons (Fsp3) is 0.517. The Morgan fingerprint density at radius 3 is 2.45 bits per heavy atom. The molecule has 2 amide bonds. The van der Waals surface area contributed by atoms with Gasteiger partial charge in [-0.1, -0.05) is 57.7 Å². The minimum Gasteiger partial charge on any atom is -0.476 e. The summed E-state index contributed by atoms with van der Waals surface area (Å²) in [6.45, 7) is 5.70. The lowest BCUT2D eigenvalue weighted by Crippen LogP contribution is -2.50. The maximum absolute atomic E-state index is 13.7. The second kappa shape index (κ2) is 12.3. The third kappa shape index (κ3) is 6.62. The van der Waals surface area contributed by atoms with Crippen LogP contribution in [0.4, 0.5) is 0 Å². The molecule has 3 aromatic rings. The number of nitrogens with one attached hydrogen (secondary N) is 4. The number of aromatic carboxylic acids is 1. The van der Waals surface area contributed by atoms with Gasteiger partial charge in [-0.2, -0.15) is 0 Å². The second-order valence-corrected chi connectivity index (χ2v) is 10.9. The van der Waals surface area contributed by atoms with Crippen molar-refractivity contribution in [1.29, 1.82) is 0 Å². The summed E-state index contributed by atoms with van der Waals surface area (Å²) in [5.74, 6) is -0.976. The Balaban J connectivity index is 1.59. The third-order valence-corrected chi connectivity index (χ3v) is 7.42. The van der Waals surface area contributed by atoms with E-state index in [0.717, 1.165) is 55.0 Å². The smallest absolute Gasteiger partial charge is 0.356 e. The first-order valence-electron chi connectivity index (χ1n) is 13.7. The number of nitrogens with zero attached hydrogens (tertiary/aromatic N) is 1. The number of carbonyl (C=O) groups excluding carboxylic acids is 2. The Bertz CT molecular complexity index is 1270. The summed E-state index contributed by atoms with van der Waals surface area (Å²) >= 11 is 0. The molecule has 0 unspecified atom stereocenters. The van der Waals surface area contributed by atoms with Crippen LogP contribution >= 0.6 is 0 Å². The lowest BCUT2D eigenvalue weighted by atomic mass is 9.97. The number of aromatic amines is 2. The van der Waals surface area contributed by atoms with Gasteiger partial charge in [0.05, 0.1) is 6.04 Å². The molecule has 2 heterocycles. The van der Waals surface area contributed by atoms with Gasteiger partial charge in [0, 0.05) is 35.1 Å². The quantitative estimate of drug-likeness (QED) is 0.244. The van der Waals surface area contributed by atoms with E-state index in [1.54, 1.807) is 6.92 Å². The van der Waals surface area contributed by atoms with E-state index in [0.29, 0.717) is 24.4 Å². The predicted octanol–water partition coefficient (Wildman–Crippen LogP) is 4.80. The number of carboxylic acids is 1. The van der Waals surface area contributed by atoms with Crippen LogP contribution in [0, 0.1) is 18.8 Å². The Morgan fingerprint density at radius 2 is 1.79 bits per heavy atom. The number of imidazole rings is 1. The Morgan fingerprint density at radius 1 is 1.08 bits per heavy atom. The van der Waals surface area contributed by atoms with Crippen molar-refractivity contribution in [3.63, 3.8) is 0 Å². The number of hydrogen-bond donors (Lipinski definition) is 5. The van der Waals surface area contributed by atoms with E-state index in [4.69, 9.17) is 0 Å². The molecule has 9 heteroatoms. The highest BCUT2D eigenvalue weighted by atomic mass is 16.4. The average Bonchev–Trinajstić information content (AvgIpc) is 3.35. The van der Waals surface area contributed by atoms with Crippen molar-refractivity contribution in [2.45, 2.75) is 84.2 Å². The second-order valence-electron chi connectivity index (χ2n) is 10.9. The van der Waals surface area contributed by atoms with Crippen LogP contribution in [0.25, 0.3) is 10.9 Å². The minimum absolute atomic E-state index is 0.0529. The number of aryl methyl sites for hydroxylation is 1. The molecular weight excluding hydrogens is 482 g/mol. The number of para-hydroxylation sites is 1. The number of rotatable bonds is 10. The largest absolute Gasteiger partial charge is 0.476 e. The summed E-state index contributed by atoms with van der Waals surface area (Å²) in [6, 6.07) is 6.58. The van der Waals surface area contributed by atoms with Gasteiger partial charge in [-0.15, -0.1) is 0 Å². The molecule has 0 radical (unpaired) electrons. The van der Waals surface area contributed by atoms with Crippen LogP contribution in [0.2, 0.25) is 0 Å². The van der Waals surface area contributed by atoms with Crippen molar-refractivity contribution in [3.8, 4) is 0 Å². The van der Waals surface area contributed by atoms with Crippen LogP contribution in [0.5, 0.6) is 0 Å². The summed E-state index contributed by atoms with van der Waals surface area (Å²) < 4.78 is 0. The number of aromatic nitrogens is 3. The maximum atomic E-state index is 13.7. The molecule has 1 aromatic carbocycles. The molecule has 0 bridgehead atoms. The summed E-state index contributed by atoms with van der Waals surface area (Å²) in [5, 5.41) is 16.7. The molecule has 2 atom stereocenters. The van der Waals surface area contributed by atoms with Gasteiger partial charge >= 0.3 is 5.97 Å². The molecule has 0 saturated heterocycles. The molecule has 1 saturated carbocycles. The van der Waals surface area contributed by atoms with Gasteiger partial charge in [-0.25, -0.2) is 9.78 Å². The number of carbonyl (C=O) groups is 3. The third-order valence-electron chi connectivity index (χ3n) is 7.42. The van der Waals surface area contributed by atoms with Gasteiger partial charge in [0.2, 0.25) is 11.8 Å². The molecule has 1 fully saturated rings. The molecule has 204 valence electrons. The van der Waals surface area contributed by atoms with Gasteiger partial charge in [-0.05, 0) is 43.7 Å². The van der Waals surface area contributed by atoms with Crippen LogP contribution < -0.4 is 10.6 Å². The Hall–Kier alpha value is -3.62. The highest BCUT2D eigenvalue weighted by Crippen LogP contribution is 2.26. The highest BCUT2D eigenvalue weighted by molar-refractivity contribution is 5.89. The standard InChI is InChI=1S/C29H39N5O4/c1-17(2)14-24(33-27(35)19-10-6-4-5-7-11-19)28(36)32-23(26-31-18(3)25(34-26)29(37)38)15-20-16-30-22-13-9-8-12-21(20)22/h8-9,12-13,16-17,19,23-24,30H,4-7,10-11,14-15H2,1-3H3,(H,31,34)(H,32,36)(H,33,35)(H,37,38)/t23-,24+/m1/s1. The number of amides is 2. The fourth-order valence-electron chi connectivity index (χ4n) is 5.40. The monoisotopic (exact) mass is 521 g/mol. The molecule has 0 aliphatic heterocycles. The lowest BCUT2D eigenvalue weighted by Gasteiger charge is -2.25. The van der Waals surface area contributed by atoms with E-state index >= 15 is 0 Å². The van der Waals surface area contributed by atoms with Crippen molar-refractivity contribution >= 4 is 28.7 Å². The first kappa shape index (κ1) is 27.4. The zero-order valence-corrected chi connectivity index (χ0v) is 22.5. The van der Waals surface area contributed by atoms with E-state index in [2.05, 4.69) is 25.6 Å². The van der Waals surface area contributed by atoms with Crippen LogP contribution in [-0.2, 0) is 16.0 Å². The normalized spacial score (nSPS) is 16.2. The van der Waals surface area contributed by atoms with Crippen LogP contribution in [0.3, 0.4) is 0 Å². The van der Waals surface area contributed by atoms with Crippen LogP contribution in [0.15, 0.2) is 30.5 Å². The van der Waals surface area contributed by atoms with Gasteiger partial charge in [0.15, 0.2) is 5.69 Å². The molecule has 9 nitrogen and oxygen atoms in total. The van der Waals surface area contributed by atoms with Crippen molar-refractivity contribution in [3.05, 3.63) is 53.2 Å². The molecule has 1 aliphatic carbocycles. The average molecular weight is 522 g/mol. The van der Waals surface area contributed by atoms with Gasteiger partial charge in [0.25, 0.3) is 0 Å². The highest BCUT2D eigenvalue weighted by Gasteiger charge is 2.30. The molecule has 4 rings (SSSR count). The zero-order valence-electron chi connectivity index (χ0n) is 22.5. The first-order valence-corrected chi connectivity index (χ1v) is 13.7. The van der Waals surface area contributed by atoms with Gasteiger partial charge in [0.1, 0.15) is 11.9 Å². The predicted molar refractivity (Wildman–Crippen MR) is 146 cm³/mol. The Labute approximate surface area is 223 Å².